The van der Waals surface area contributed by atoms with E-state index in [-0.39, 0.29) is 16.9 Å². The molecule has 0 saturated heterocycles. The fourth-order valence-electron chi connectivity index (χ4n) is 1.74. The quantitative estimate of drug-likeness (QED) is 0.767. The normalized spacial score (nSPS) is 11.2. The second-order valence-corrected chi connectivity index (χ2v) is 4.25. The van der Waals surface area contributed by atoms with Crippen LogP contribution in [0.1, 0.15) is 10.4 Å². The zero-order valence-electron chi connectivity index (χ0n) is 9.95. The first kappa shape index (κ1) is 14.4. The van der Waals surface area contributed by atoms with Crippen molar-refractivity contribution in [3.63, 3.8) is 0 Å². The molecular weight excluding hydrogens is 293 g/mol. The molecule has 0 aliphatic carbocycles. The molecule has 0 bridgehead atoms. The molecule has 0 atom stereocenters. The highest BCUT2D eigenvalue weighted by Crippen LogP contribution is 2.36. The average molecular weight is 301 g/mol. The third-order valence-corrected chi connectivity index (χ3v) is 2.98. The van der Waals surface area contributed by atoms with Crippen molar-refractivity contribution in [2.24, 2.45) is 0 Å². The smallest absolute Gasteiger partial charge is 0.405 e. The molecule has 0 aliphatic heterocycles. The Morgan fingerprint density at radius 2 is 1.70 bits per heavy atom. The molecule has 0 aromatic heterocycles. The van der Waals surface area contributed by atoms with Crippen LogP contribution in [0.15, 0.2) is 42.5 Å². The Morgan fingerprint density at radius 1 is 1.05 bits per heavy atom. The van der Waals surface area contributed by atoms with E-state index in [9.17, 15) is 18.0 Å². The van der Waals surface area contributed by atoms with Crippen LogP contribution in [-0.4, -0.2) is 12.6 Å². The second kappa shape index (κ2) is 5.54. The van der Waals surface area contributed by atoms with E-state index in [4.69, 9.17) is 11.6 Å². The fourth-order valence-corrected chi connectivity index (χ4v) is 2.05. The fraction of sp³-hybridized carbons (Fsp3) is 0.0714. The lowest BCUT2D eigenvalue weighted by atomic mass is 10.0. The van der Waals surface area contributed by atoms with Crippen LogP contribution in [0.5, 0.6) is 5.75 Å². The summed E-state index contributed by atoms with van der Waals surface area (Å²) in [6.07, 6.45) is -4.63. The predicted molar refractivity (Wildman–Crippen MR) is 69.0 cm³/mol. The molecule has 6 heteroatoms. The third-order valence-electron chi connectivity index (χ3n) is 2.57. The molecule has 0 amide bonds. The number of carbonyl (C=O) groups excluding carboxylic acids is 1. The van der Waals surface area contributed by atoms with Crippen LogP contribution in [-0.2, 0) is 0 Å². The maximum Gasteiger partial charge on any atom is 0.573 e. The Balaban J connectivity index is 2.52. The SMILES string of the molecule is O=Cc1c(OC(F)(F)F)ccc(-c2ccccc2)c1Cl. The van der Waals surface area contributed by atoms with Gasteiger partial charge in [-0.25, -0.2) is 0 Å². The van der Waals surface area contributed by atoms with Crippen molar-refractivity contribution in [2.45, 2.75) is 6.36 Å². The Hall–Kier alpha value is -2.01. The van der Waals surface area contributed by atoms with Gasteiger partial charge in [0.2, 0.25) is 0 Å². The van der Waals surface area contributed by atoms with E-state index in [1.54, 1.807) is 30.3 Å². The van der Waals surface area contributed by atoms with Gasteiger partial charge in [-0.05, 0) is 17.7 Å². The van der Waals surface area contributed by atoms with Crippen LogP contribution < -0.4 is 4.74 Å². The van der Waals surface area contributed by atoms with Crippen molar-refractivity contribution in [3.05, 3.63) is 53.1 Å². The van der Waals surface area contributed by atoms with Gasteiger partial charge in [0.15, 0.2) is 6.29 Å². The zero-order valence-corrected chi connectivity index (χ0v) is 10.7. The number of carbonyl (C=O) groups is 1. The summed E-state index contributed by atoms with van der Waals surface area (Å²) in [5.74, 6) is -0.614. The number of alkyl halides is 3. The van der Waals surface area contributed by atoms with Crippen LogP contribution in [0.2, 0.25) is 5.02 Å². The van der Waals surface area contributed by atoms with Gasteiger partial charge < -0.3 is 4.74 Å². The molecule has 20 heavy (non-hydrogen) atoms. The Morgan fingerprint density at radius 3 is 2.25 bits per heavy atom. The molecule has 0 saturated carbocycles. The number of rotatable bonds is 3. The van der Waals surface area contributed by atoms with Crippen LogP contribution >= 0.6 is 11.6 Å². The lowest BCUT2D eigenvalue weighted by Crippen LogP contribution is -2.18. The van der Waals surface area contributed by atoms with E-state index in [2.05, 4.69) is 4.74 Å². The van der Waals surface area contributed by atoms with Gasteiger partial charge in [-0.3, -0.25) is 4.79 Å². The van der Waals surface area contributed by atoms with Crippen molar-refractivity contribution in [1.82, 2.24) is 0 Å². The lowest BCUT2D eigenvalue weighted by Gasteiger charge is -2.14. The topological polar surface area (TPSA) is 26.3 Å². The molecule has 104 valence electrons. The maximum absolute atomic E-state index is 12.2. The van der Waals surface area contributed by atoms with Gasteiger partial charge in [0.25, 0.3) is 0 Å². The average Bonchev–Trinajstić information content (AvgIpc) is 2.38. The predicted octanol–water partition coefficient (Wildman–Crippen LogP) is 4.72. The van der Waals surface area contributed by atoms with Crippen molar-refractivity contribution in [2.75, 3.05) is 0 Å². The van der Waals surface area contributed by atoms with Crippen LogP contribution in [0, 0.1) is 0 Å². The lowest BCUT2D eigenvalue weighted by molar-refractivity contribution is -0.274. The van der Waals surface area contributed by atoms with Crippen LogP contribution in [0.25, 0.3) is 11.1 Å². The highest BCUT2D eigenvalue weighted by Gasteiger charge is 2.32. The first-order valence-corrected chi connectivity index (χ1v) is 5.89. The van der Waals surface area contributed by atoms with Crippen LogP contribution in [0.3, 0.4) is 0 Å². The minimum Gasteiger partial charge on any atom is -0.405 e. The molecule has 0 spiro atoms. The third kappa shape index (κ3) is 3.11. The number of hydrogen-bond donors (Lipinski definition) is 0. The Labute approximate surface area is 117 Å². The number of aldehydes is 1. The van der Waals surface area contributed by atoms with Crippen molar-refractivity contribution < 1.29 is 22.7 Å². The molecular formula is C14H8ClF3O2. The minimum absolute atomic E-state index is 0.0760. The maximum atomic E-state index is 12.2. The van der Waals surface area contributed by atoms with E-state index < -0.39 is 12.1 Å². The molecule has 0 unspecified atom stereocenters. The number of hydrogen-bond acceptors (Lipinski definition) is 2. The van der Waals surface area contributed by atoms with E-state index in [1.807, 2.05) is 0 Å². The highest BCUT2D eigenvalue weighted by atomic mass is 35.5. The van der Waals surface area contributed by atoms with Gasteiger partial charge in [0.05, 0.1) is 10.6 Å². The summed E-state index contributed by atoms with van der Waals surface area (Å²) < 4.78 is 40.5. The molecule has 0 fully saturated rings. The molecule has 2 rings (SSSR count). The van der Waals surface area contributed by atoms with E-state index in [0.717, 1.165) is 6.07 Å². The largest absolute Gasteiger partial charge is 0.573 e. The Kier molecular flexibility index (Phi) is 3.99. The van der Waals surface area contributed by atoms with Gasteiger partial charge in [-0.1, -0.05) is 41.9 Å². The summed E-state index contributed by atoms with van der Waals surface area (Å²) in [5.41, 5.74) is 0.827. The van der Waals surface area contributed by atoms with Gasteiger partial charge in [0, 0.05) is 5.56 Å². The van der Waals surface area contributed by atoms with Gasteiger partial charge in [0.1, 0.15) is 5.75 Å². The highest BCUT2D eigenvalue weighted by molar-refractivity contribution is 6.36. The summed E-state index contributed by atoms with van der Waals surface area (Å²) in [7, 11) is 0. The van der Waals surface area contributed by atoms with Gasteiger partial charge >= 0.3 is 6.36 Å². The van der Waals surface area contributed by atoms with Gasteiger partial charge in [-0.2, -0.15) is 0 Å². The Bertz CT molecular complexity index is 624. The first-order valence-electron chi connectivity index (χ1n) is 5.51. The summed E-state index contributed by atoms with van der Waals surface area (Å²) in [5, 5.41) is -0.0760. The summed E-state index contributed by atoms with van der Waals surface area (Å²) >= 11 is 6.00. The number of ether oxygens (including phenoxy) is 1. The number of halogens is 4. The first-order chi connectivity index (χ1) is 9.42. The molecule has 0 radical (unpaired) electrons. The summed E-state index contributed by atoms with van der Waals surface area (Å²) in [4.78, 5) is 11.0. The molecule has 0 aliphatic rings. The number of benzene rings is 2. The molecule has 2 nitrogen and oxygen atoms in total. The molecule has 0 N–H and O–H groups in total. The van der Waals surface area contributed by atoms with E-state index in [1.165, 1.54) is 6.07 Å². The molecule has 2 aromatic rings. The summed E-state index contributed by atoms with van der Waals surface area (Å²) in [6, 6.07) is 11.2. The van der Waals surface area contributed by atoms with E-state index in [0.29, 0.717) is 11.1 Å². The molecule has 0 heterocycles. The van der Waals surface area contributed by atoms with Crippen molar-refractivity contribution >= 4 is 17.9 Å². The van der Waals surface area contributed by atoms with Crippen LogP contribution in [0.4, 0.5) is 13.2 Å². The van der Waals surface area contributed by atoms with Crippen molar-refractivity contribution in [1.29, 1.82) is 0 Å². The van der Waals surface area contributed by atoms with Gasteiger partial charge in [-0.15, -0.1) is 13.2 Å². The minimum atomic E-state index is -4.88. The van der Waals surface area contributed by atoms with Crippen molar-refractivity contribution in [3.8, 4) is 16.9 Å². The second-order valence-electron chi connectivity index (χ2n) is 3.87. The summed E-state index contributed by atoms with van der Waals surface area (Å²) in [6.45, 7) is 0. The zero-order chi connectivity index (χ0) is 14.8. The van der Waals surface area contributed by atoms with E-state index >= 15 is 0 Å². The monoisotopic (exact) mass is 300 g/mol. The standard InChI is InChI=1S/C14H8ClF3O2/c15-13-10(9-4-2-1-3-5-9)6-7-12(11(13)8-19)20-14(16,17)18/h1-8H. The molecule has 2 aromatic carbocycles.